The Hall–Kier alpha value is -2.44. The number of thiophene rings is 1. The summed E-state index contributed by atoms with van der Waals surface area (Å²) >= 11 is 1.59. The zero-order valence-corrected chi connectivity index (χ0v) is 14.9. The van der Waals surface area contributed by atoms with Crippen molar-refractivity contribution in [1.29, 1.82) is 0 Å². The fourth-order valence-electron chi connectivity index (χ4n) is 2.43. The number of hydrogen-bond donors (Lipinski definition) is 0. The monoisotopic (exact) mass is 356 g/mol. The summed E-state index contributed by atoms with van der Waals surface area (Å²) in [6, 6.07) is 15.7. The second kappa shape index (κ2) is 8.60. The van der Waals surface area contributed by atoms with E-state index in [0.29, 0.717) is 18.8 Å². The summed E-state index contributed by atoms with van der Waals surface area (Å²) < 4.78 is 10.8. The van der Waals surface area contributed by atoms with Crippen LogP contribution in [0.1, 0.15) is 18.2 Å². The molecule has 6 heteroatoms. The molecule has 0 fully saturated rings. The first-order chi connectivity index (χ1) is 12.3. The van der Waals surface area contributed by atoms with Crippen molar-refractivity contribution in [3.63, 3.8) is 0 Å². The van der Waals surface area contributed by atoms with Crippen LogP contribution < -0.4 is 0 Å². The lowest BCUT2D eigenvalue weighted by molar-refractivity contribution is -0.137. The largest absolute Gasteiger partial charge is 0.365 e. The van der Waals surface area contributed by atoms with Crippen molar-refractivity contribution in [2.75, 3.05) is 13.2 Å². The molecular formula is C19H20N2O3S. The van der Waals surface area contributed by atoms with Gasteiger partial charge in [0.05, 0.1) is 11.5 Å². The summed E-state index contributed by atoms with van der Waals surface area (Å²) in [4.78, 5) is 15.1. The van der Waals surface area contributed by atoms with Crippen LogP contribution >= 0.6 is 11.3 Å². The molecule has 1 aromatic carbocycles. The molecule has 1 amide bonds. The second-order valence-electron chi connectivity index (χ2n) is 5.55. The van der Waals surface area contributed by atoms with Gasteiger partial charge in [0.15, 0.2) is 5.76 Å². The van der Waals surface area contributed by atoms with Gasteiger partial charge in [0, 0.05) is 19.2 Å². The zero-order chi connectivity index (χ0) is 17.5. The number of ether oxygens (including phenoxy) is 1. The molecule has 0 saturated carbocycles. The van der Waals surface area contributed by atoms with Gasteiger partial charge in [-0.05, 0) is 23.9 Å². The number of benzene rings is 1. The van der Waals surface area contributed by atoms with Crippen molar-refractivity contribution in [2.24, 2.45) is 0 Å². The smallest absolute Gasteiger partial charge is 0.248 e. The van der Waals surface area contributed by atoms with E-state index in [0.717, 1.165) is 16.2 Å². The molecule has 0 spiro atoms. The van der Waals surface area contributed by atoms with E-state index in [9.17, 15) is 4.79 Å². The highest BCUT2D eigenvalue weighted by Crippen LogP contribution is 2.25. The normalized spacial score (nSPS) is 10.8. The quantitative estimate of drug-likeness (QED) is 0.613. The van der Waals surface area contributed by atoms with Crippen LogP contribution in [0.25, 0.3) is 10.6 Å². The molecule has 0 aliphatic heterocycles. The molecule has 0 aliphatic carbocycles. The third kappa shape index (κ3) is 4.78. The van der Waals surface area contributed by atoms with Crippen LogP contribution in [0.2, 0.25) is 0 Å². The van der Waals surface area contributed by atoms with Crippen molar-refractivity contribution in [3.05, 3.63) is 65.2 Å². The van der Waals surface area contributed by atoms with Crippen LogP contribution in [-0.2, 0) is 22.7 Å². The number of carbonyl (C=O) groups is 1. The van der Waals surface area contributed by atoms with Crippen LogP contribution in [0.4, 0.5) is 0 Å². The highest BCUT2D eigenvalue weighted by Gasteiger charge is 2.13. The maximum atomic E-state index is 12.3. The first-order valence-electron chi connectivity index (χ1n) is 8.15. The van der Waals surface area contributed by atoms with E-state index >= 15 is 0 Å². The zero-order valence-electron chi connectivity index (χ0n) is 14.1. The lowest BCUT2D eigenvalue weighted by Gasteiger charge is -2.20. The maximum absolute atomic E-state index is 12.3. The van der Waals surface area contributed by atoms with Gasteiger partial charge in [-0.2, -0.15) is 0 Å². The molecule has 5 nitrogen and oxygen atoms in total. The molecule has 130 valence electrons. The highest BCUT2D eigenvalue weighted by atomic mass is 32.1. The topological polar surface area (TPSA) is 55.6 Å². The van der Waals surface area contributed by atoms with Gasteiger partial charge >= 0.3 is 0 Å². The lowest BCUT2D eigenvalue weighted by Crippen LogP contribution is -2.33. The molecule has 2 heterocycles. The molecule has 0 radical (unpaired) electrons. The Labute approximate surface area is 150 Å². The summed E-state index contributed by atoms with van der Waals surface area (Å²) in [6.07, 6.45) is 0. The maximum Gasteiger partial charge on any atom is 0.248 e. The van der Waals surface area contributed by atoms with E-state index in [1.807, 2.05) is 60.8 Å². The van der Waals surface area contributed by atoms with E-state index < -0.39 is 0 Å². The van der Waals surface area contributed by atoms with Crippen molar-refractivity contribution in [1.82, 2.24) is 10.1 Å². The van der Waals surface area contributed by atoms with Crippen LogP contribution in [0.5, 0.6) is 0 Å². The summed E-state index contributed by atoms with van der Waals surface area (Å²) in [5.74, 6) is 0.688. The van der Waals surface area contributed by atoms with E-state index in [1.165, 1.54) is 0 Å². The first kappa shape index (κ1) is 17.4. The fraction of sp³-hybridized carbons (Fsp3) is 0.263. The molecule has 3 rings (SSSR count). The van der Waals surface area contributed by atoms with Gasteiger partial charge in [-0.15, -0.1) is 11.3 Å². The van der Waals surface area contributed by atoms with Crippen molar-refractivity contribution < 1.29 is 14.1 Å². The minimum absolute atomic E-state index is 0.0296. The lowest BCUT2D eigenvalue weighted by atomic mass is 10.2. The number of likely N-dealkylation sites (N-methyl/N-ethyl adjacent to an activating group) is 1. The highest BCUT2D eigenvalue weighted by molar-refractivity contribution is 7.13. The van der Waals surface area contributed by atoms with Gasteiger partial charge < -0.3 is 14.2 Å². The van der Waals surface area contributed by atoms with Gasteiger partial charge in [0.1, 0.15) is 12.3 Å². The Morgan fingerprint density at radius 3 is 2.80 bits per heavy atom. The average Bonchev–Trinajstić information content (AvgIpc) is 3.32. The fourth-order valence-corrected chi connectivity index (χ4v) is 3.10. The van der Waals surface area contributed by atoms with E-state index in [-0.39, 0.29) is 19.1 Å². The molecule has 0 aliphatic rings. The van der Waals surface area contributed by atoms with Crippen molar-refractivity contribution in [3.8, 4) is 10.6 Å². The molecule has 2 aromatic heterocycles. The van der Waals surface area contributed by atoms with Crippen LogP contribution in [0.3, 0.4) is 0 Å². The minimum Gasteiger partial charge on any atom is -0.365 e. The SMILES string of the molecule is CCN(Cc1ccccc1)C(=O)COCc1cc(-c2cccs2)on1. The molecule has 0 unspecified atom stereocenters. The van der Waals surface area contributed by atoms with E-state index in [4.69, 9.17) is 9.26 Å². The first-order valence-corrected chi connectivity index (χ1v) is 9.03. The molecule has 25 heavy (non-hydrogen) atoms. The van der Waals surface area contributed by atoms with Crippen LogP contribution in [-0.4, -0.2) is 29.1 Å². The number of carbonyl (C=O) groups excluding carboxylic acids is 1. The molecule has 0 bridgehead atoms. The third-order valence-electron chi connectivity index (χ3n) is 3.75. The summed E-state index contributed by atoms with van der Waals surface area (Å²) in [7, 11) is 0. The van der Waals surface area contributed by atoms with E-state index in [1.54, 1.807) is 16.2 Å². The Kier molecular flexibility index (Phi) is 5.98. The van der Waals surface area contributed by atoms with Crippen LogP contribution in [0, 0.1) is 0 Å². The second-order valence-corrected chi connectivity index (χ2v) is 6.49. The molecule has 0 N–H and O–H groups in total. The van der Waals surface area contributed by atoms with Crippen molar-refractivity contribution in [2.45, 2.75) is 20.1 Å². The summed E-state index contributed by atoms with van der Waals surface area (Å²) in [6.45, 7) is 3.48. The summed E-state index contributed by atoms with van der Waals surface area (Å²) in [5.41, 5.74) is 1.79. The number of aromatic nitrogens is 1. The Morgan fingerprint density at radius 2 is 2.08 bits per heavy atom. The molecule has 0 saturated heterocycles. The Balaban J connectivity index is 1.48. The standard InChI is InChI=1S/C19H20N2O3S/c1-2-21(12-15-7-4-3-5-8-15)19(22)14-23-13-16-11-17(24-20-16)18-9-6-10-25-18/h3-11H,2,12-14H2,1H3. The number of nitrogens with zero attached hydrogens (tertiary/aromatic N) is 2. The molecular weight excluding hydrogens is 336 g/mol. The van der Waals surface area contributed by atoms with Crippen molar-refractivity contribution >= 4 is 17.2 Å². The van der Waals surface area contributed by atoms with Gasteiger partial charge in [-0.25, -0.2) is 0 Å². The van der Waals surface area contributed by atoms with Gasteiger partial charge in [0.25, 0.3) is 0 Å². The number of hydrogen-bond acceptors (Lipinski definition) is 5. The van der Waals surface area contributed by atoms with E-state index in [2.05, 4.69) is 5.16 Å². The van der Waals surface area contributed by atoms with Crippen LogP contribution in [0.15, 0.2) is 58.4 Å². The van der Waals surface area contributed by atoms with Gasteiger partial charge in [-0.1, -0.05) is 41.6 Å². The van der Waals surface area contributed by atoms with Gasteiger partial charge in [0.2, 0.25) is 5.91 Å². The number of amides is 1. The predicted molar refractivity (Wildman–Crippen MR) is 97.0 cm³/mol. The summed E-state index contributed by atoms with van der Waals surface area (Å²) in [5, 5.41) is 5.97. The molecule has 3 aromatic rings. The predicted octanol–water partition coefficient (Wildman–Crippen LogP) is 3.97. The average molecular weight is 356 g/mol. The Bertz CT molecular complexity index is 784. The molecule has 0 atom stereocenters. The third-order valence-corrected chi connectivity index (χ3v) is 4.63. The minimum atomic E-state index is -0.0340. The number of rotatable bonds is 8. The Morgan fingerprint density at radius 1 is 1.24 bits per heavy atom. The van der Waals surface area contributed by atoms with Gasteiger partial charge in [-0.3, -0.25) is 4.79 Å².